The number of benzene rings is 3. The molecule has 0 radical (unpaired) electrons. The second kappa shape index (κ2) is 13.2. The number of hydrogen-bond donors (Lipinski definition) is 4. The number of ketones is 1. The van der Waals surface area contributed by atoms with Gasteiger partial charge in [-0.1, -0.05) is 66.7 Å². The summed E-state index contributed by atoms with van der Waals surface area (Å²) in [7, 11) is 0. The quantitative estimate of drug-likeness (QED) is 0.267. The van der Waals surface area contributed by atoms with Gasteiger partial charge in [-0.25, -0.2) is 0 Å². The first-order valence-corrected chi connectivity index (χ1v) is 14.6. The predicted octanol–water partition coefficient (Wildman–Crippen LogP) is 3.08. The topological polar surface area (TPSA) is 136 Å². The van der Waals surface area contributed by atoms with Crippen LogP contribution in [-0.2, 0) is 16.0 Å². The molecule has 1 aliphatic heterocycles. The summed E-state index contributed by atoms with van der Waals surface area (Å²) in [4.78, 5) is 54.3. The van der Waals surface area contributed by atoms with Crippen LogP contribution in [0.3, 0.4) is 0 Å². The van der Waals surface area contributed by atoms with Gasteiger partial charge in [-0.2, -0.15) is 0 Å². The minimum atomic E-state index is -1.68. The first-order chi connectivity index (χ1) is 20.0. The maximum absolute atomic E-state index is 13.8. The molecule has 3 aromatic rings. The zero-order valence-electron chi connectivity index (χ0n) is 23.7. The Morgan fingerprint density at radius 2 is 1.62 bits per heavy atom. The van der Waals surface area contributed by atoms with Gasteiger partial charge in [-0.05, 0) is 44.9 Å². The second-order valence-electron chi connectivity index (χ2n) is 10.8. The van der Waals surface area contributed by atoms with Crippen molar-refractivity contribution in [3.05, 3.63) is 101 Å². The monoisotopic (exact) mass is 589 g/mol. The minimum Gasteiger partial charge on any atom is -0.508 e. The first-order valence-electron chi connectivity index (χ1n) is 13.6. The van der Waals surface area contributed by atoms with Crippen LogP contribution in [-0.4, -0.2) is 74.0 Å². The Morgan fingerprint density at radius 1 is 0.976 bits per heavy atom. The van der Waals surface area contributed by atoms with Crippen LogP contribution in [0.5, 0.6) is 5.75 Å². The van der Waals surface area contributed by atoms with Crippen molar-refractivity contribution in [2.75, 3.05) is 12.4 Å². The van der Waals surface area contributed by atoms with Crippen LogP contribution in [0.25, 0.3) is 0 Å². The normalized spacial score (nSPS) is 17.2. The van der Waals surface area contributed by atoms with Gasteiger partial charge in [-0.15, -0.1) is 11.8 Å². The Bertz CT molecular complexity index is 1450. The molecule has 0 bridgehead atoms. The van der Waals surface area contributed by atoms with E-state index in [9.17, 15) is 29.4 Å². The van der Waals surface area contributed by atoms with E-state index >= 15 is 0 Å². The number of Topliss-reactive ketones (excluding diaryl/α,β-unsaturated/α-hetero) is 1. The third kappa shape index (κ3) is 7.00. The SMILES string of the molecule is Cc1c(O)cccc1C(=O)N[C@@H](Cc1ccccc1)[C@H](O)C(=O)N1CSC(C)(C)C1C(=O)NCC(=O)c1ccccc1. The number of rotatable bonds is 10. The Labute approximate surface area is 249 Å². The highest BCUT2D eigenvalue weighted by molar-refractivity contribution is 8.00. The minimum absolute atomic E-state index is 0.0465. The average molecular weight is 590 g/mol. The fraction of sp³-hybridized carbons (Fsp3) is 0.312. The van der Waals surface area contributed by atoms with E-state index in [-0.39, 0.29) is 35.9 Å². The number of nitrogens with zero attached hydrogens (tertiary/aromatic N) is 1. The van der Waals surface area contributed by atoms with Gasteiger partial charge in [0.05, 0.1) is 18.5 Å². The molecule has 4 rings (SSSR count). The van der Waals surface area contributed by atoms with E-state index in [1.165, 1.54) is 22.7 Å². The van der Waals surface area contributed by atoms with Crippen molar-refractivity contribution < 1.29 is 29.4 Å². The largest absolute Gasteiger partial charge is 0.508 e. The number of amides is 3. The summed E-state index contributed by atoms with van der Waals surface area (Å²) >= 11 is 1.38. The summed E-state index contributed by atoms with van der Waals surface area (Å²) in [6.07, 6.45) is -1.54. The molecule has 1 unspecified atom stereocenters. The van der Waals surface area contributed by atoms with Gasteiger partial charge in [0.2, 0.25) is 5.91 Å². The summed E-state index contributed by atoms with van der Waals surface area (Å²) in [6.45, 7) is 5.02. The molecular weight excluding hydrogens is 554 g/mol. The van der Waals surface area contributed by atoms with Crippen LogP contribution in [0.15, 0.2) is 78.9 Å². The van der Waals surface area contributed by atoms with Gasteiger partial charge >= 0.3 is 0 Å². The Morgan fingerprint density at radius 3 is 2.29 bits per heavy atom. The third-order valence-corrected chi connectivity index (χ3v) is 8.77. The zero-order valence-corrected chi connectivity index (χ0v) is 24.6. The van der Waals surface area contributed by atoms with Crippen LogP contribution >= 0.6 is 11.8 Å². The number of aliphatic hydroxyl groups is 1. The number of aromatic hydroxyl groups is 1. The summed E-state index contributed by atoms with van der Waals surface area (Å²) in [5.41, 5.74) is 1.83. The highest BCUT2D eigenvalue weighted by Crippen LogP contribution is 2.40. The molecule has 0 spiro atoms. The van der Waals surface area contributed by atoms with Crippen molar-refractivity contribution in [2.45, 2.75) is 50.1 Å². The van der Waals surface area contributed by atoms with Crippen molar-refractivity contribution in [3.8, 4) is 5.75 Å². The molecule has 3 aromatic carbocycles. The molecule has 42 heavy (non-hydrogen) atoms. The van der Waals surface area contributed by atoms with E-state index in [0.29, 0.717) is 11.1 Å². The zero-order chi connectivity index (χ0) is 30.4. The molecule has 9 nitrogen and oxygen atoms in total. The molecule has 4 N–H and O–H groups in total. The molecule has 10 heteroatoms. The third-order valence-electron chi connectivity index (χ3n) is 7.40. The van der Waals surface area contributed by atoms with Crippen molar-refractivity contribution >= 4 is 35.3 Å². The van der Waals surface area contributed by atoms with Crippen LogP contribution in [0.4, 0.5) is 0 Å². The number of aliphatic hydroxyl groups excluding tert-OH is 1. The van der Waals surface area contributed by atoms with Gasteiger partial charge in [0.15, 0.2) is 11.9 Å². The fourth-order valence-corrected chi connectivity index (χ4v) is 6.11. The van der Waals surface area contributed by atoms with Crippen LogP contribution in [0, 0.1) is 6.92 Å². The molecule has 1 heterocycles. The van der Waals surface area contributed by atoms with Gasteiger partial charge in [0, 0.05) is 21.4 Å². The van der Waals surface area contributed by atoms with Gasteiger partial charge in [-0.3, -0.25) is 19.2 Å². The maximum Gasteiger partial charge on any atom is 0.254 e. The molecular formula is C32H35N3O6S. The van der Waals surface area contributed by atoms with Crippen molar-refractivity contribution in [2.24, 2.45) is 0 Å². The van der Waals surface area contributed by atoms with E-state index in [1.807, 2.05) is 44.2 Å². The summed E-state index contributed by atoms with van der Waals surface area (Å²) in [5.74, 6) is -1.94. The fourth-order valence-electron chi connectivity index (χ4n) is 4.97. The smallest absolute Gasteiger partial charge is 0.254 e. The van der Waals surface area contributed by atoms with Crippen LogP contribution < -0.4 is 10.6 Å². The molecule has 3 amide bonds. The Hall–Kier alpha value is -4.15. The summed E-state index contributed by atoms with van der Waals surface area (Å²) < 4.78 is -0.702. The Kier molecular flexibility index (Phi) is 9.70. The van der Waals surface area contributed by atoms with Crippen molar-refractivity contribution in [1.29, 1.82) is 0 Å². The van der Waals surface area contributed by atoms with Gasteiger partial charge in [0.1, 0.15) is 11.8 Å². The highest BCUT2D eigenvalue weighted by Gasteiger charge is 2.49. The van der Waals surface area contributed by atoms with E-state index in [0.717, 1.165) is 5.56 Å². The standard InChI is InChI=1S/C32H35N3O6S/c1-20-23(15-10-16-25(20)36)29(39)34-24(17-21-11-6-4-7-12-21)27(38)31(41)35-19-42-32(2,3)28(35)30(40)33-18-26(37)22-13-8-5-9-14-22/h4-16,24,27-28,36,38H,17-19H2,1-3H3,(H,33,40)(H,34,39)/t24-,27-,28?/m0/s1. The van der Waals surface area contributed by atoms with Gasteiger partial charge < -0.3 is 25.7 Å². The molecule has 0 aliphatic carbocycles. The number of thioether (sulfide) groups is 1. The van der Waals surface area contributed by atoms with Crippen LogP contribution in [0.2, 0.25) is 0 Å². The second-order valence-corrected chi connectivity index (χ2v) is 12.4. The molecule has 1 aliphatic rings. The van der Waals surface area contributed by atoms with Crippen molar-refractivity contribution in [1.82, 2.24) is 15.5 Å². The van der Waals surface area contributed by atoms with Crippen molar-refractivity contribution in [3.63, 3.8) is 0 Å². The number of carbonyl (C=O) groups is 4. The average Bonchev–Trinajstić information content (AvgIpc) is 3.31. The molecule has 1 saturated heterocycles. The Balaban J connectivity index is 1.54. The summed E-state index contributed by atoms with van der Waals surface area (Å²) in [6, 6.07) is 20.3. The summed E-state index contributed by atoms with van der Waals surface area (Å²) in [5, 5.41) is 26.9. The maximum atomic E-state index is 13.8. The number of phenols is 1. The van der Waals surface area contributed by atoms with E-state index in [2.05, 4.69) is 10.6 Å². The highest BCUT2D eigenvalue weighted by atomic mass is 32.2. The number of nitrogens with one attached hydrogen (secondary N) is 2. The molecule has 0 aromatic heterocycles. The lowest BCUT2D eigenvalue weighted by molar-refractivity contribution is -0.147. The lowest BCUT2D eigenvalue weighted by Crippen LogP contribution is -2.59. The van der Waals surface area contributed by atoms with E-state index in [4.69, 9.17) is 0 Å². The molecule has 0 saturated carbocycles. The molecule has 1 fully saturated rings. The number of hydrogen-bond acceptors (Lipinski definition) is 7. The van der Waals surface area contributed by atoms with E-state index in [1.54, 1.807) is 49.4 Å². The van der Waals surface area contributed by atoms with Crippen LogP contribution in [0.1, 0.15) is 45.7 Å². The number of phenolic OH excluding ortho intramolecular Hbond substituents is 1. The molecule has 3 atom stereocenters. The van der Waals surface area contributed by atoms with E-state index < -0.39 is 40.7 Å². The first kappa shape index (κ1) is 30.8. The lowest BCUT2D eigenvalue weighted by Gasteiger charge is -2.33. The lowest BCUT2D eigenvalue weighted by atomic mass is 9.96. The molecule has 220 valence electrons. The predicted molar refractivity (Wildman–Crippen MR) is 161 cm³/mol. The number of carbonyl (C=O) groups excluding carboxylic acids is 4. The van der Waals surface area contributed by atoms with Gasteiger partial charge in [0.25, 0.3) is 11.8 Å².